The van der Waals surface area contributed by atoms with Gasteiger partial charge in [0.2, 0.25) is 5.95 Å². The summed E-state index contributed by atoms with van der Waals surface area (Å²) < 4.78 is 2.18. The highest BCUT2D eigenvalue weighted by Crippen LogP contribution is 2.35. The number of anilines is 1. The Kier molecular flexibility index (Phi) is 3.75. The molecule has 27 heavy (non-hydrogen) atoms. The average Bonchev–Trinajstić information content (AvgIpc) is 3.36. The molecule has 2 aliphatic heterocycles. The van der Waals surface area contributed by atoms with Crippen LogP contribution in [0.3, 0.4) is 0 Å². The first-order valence-electron chi connectivity index (χ1n) is 9.41. The molecule has 0 saturated carbocycles. The van der Waals surface area contributed by atoms with Crippen LogP contribution in [-0.2, 0) is 7.05 Å². The van der Waals surface area contributed by atoms with Crippen LogP contribution in [0.2, 0.25) is 0 Å². The van der Waals surface area contributed by atoms with Crippen LogP contribution in [0.5, 0.6) is 0 Å². The fourth-order valence-electron chi connectivity index (χ4n) is 4.61. The van der Waals surface area contributed by atoms with Crippen LogP contribution in [0, 0.1) is 25.7 Å². The lowest BCUT2D eigenvalue weighted by atomic mass is 10.0. The zero-order valence-corrected chi connectivity index (χ0v) is 16.7. The van der Waals surface area contributed by atoms with Gasteiger partial charge in [-0.05, 0) is 26.0 Å². The summed E-state index contributed by atoms with van der Waals surface area (Å²) in [6.07, 6.45) is 0. The van der Waals surface area contributed by atoms with E-state index in [0.29, 0.717) is 11.8 Å². The molecule has 140 valence electrons. The van der Waals surface area contributed by atoms with Crippen molar-refractivity contribution in [2.24, 2.45) is 18.9 Å². The minimum atomic E-state index is 0.154. The minimum absolute atomic E-state index is 0.154. The van der Waals surface area contributed by atoms with Gasteiger partial charge in [0.25, 0.3) is 5.91 Å². The van der Waals surface area contributed by atoms with Crippen molar-refractivity contribution >= 4 is 34.2 Å². The van der Waals surface area contributed by atoms with E-state index in [4.69, 9.17) is 4.98 Å². The average molecular weight is 382 g/mol. The molecule has 0 aliphatic carbocycles. The molecule has 4 heterocycles. The number of para-hydroxylation sites is 2. The maximum atomic E-state index is 12.9. The Bertz CT molecular complexity index is 1020. The van der Waals surface area contributed by atoms with Crippen LogP contribution in [0.4, 0.5) is 5.95 Å². The first-order chi connectivity index (χ1) is 13.0. The molecule has 2 aliphatic rings. The van der Waals surface area contributed by atoms with Crippen LogP contribution < -0.4 is 4.90 Å². The van der Waals surface area contributed by atoms with Crippen molar-refractivity contribution < 1.29 is 4.79 Å². The van der Waals surface area contributed by atoms with Crippen molar-refractivity contribution in [2.75, 3.05) is 31.1 Å². The number of aryl methyl sites for hydroxylation is 3. The summed E-state index contributed by atoms with van der Waals surface area (Å²) >= 11 is 1.51. The van der Waals surface area contributed by atoms with Gasteiger partial charge in [-0.3, -0.25) is 4.79 Å². The minimum Gasteiger partial charge on any atom is -0.342 e. The summed E-state index contributed by atoms with van der Waals surface area (Å²) in [4.78, 5) is 27.4. The number of amides is 1. The highest BCUT2D eigenvalue weighted by Gasteiger charge is 2.43. The molecule has 0 radical (unpaired) electrons. The zero-order chi connectivity index (χ0) is 18.7. The van der Waals surface area contributed by atoms with E-state index in [0.717, 1.165) is 58.7 Å². The third-order valence-electron chi connectivity index (χ3n) is 5.92. The summed E-state index contributed by atoms with van der Waals surface area (Å²) in [5, 5.41) is 0.961. The van der Waals surface area contributed by atoms with E-state index in [1.54, 1.807) is 0 Å². The lowest BCUT2D eigenvalue weighted by Crippen LogP contribution is -2.33. The molecular weight excluding hydrogens is 358 g/mol. The highest BCUT2D eigenvalue weighted by molar-refractivity contribution is 7.13. The monoisotopic (exact) mass is 381 g/mol. The number of imidazole rings is 1. The van der Waals surface area contributed by atoms with E-state index in [9.17, 15) is 4.79 Å². The Morgan fingerprint density at radius 1 is 1.07 bits per heavy atom. The van der Waals surface area contributed by atoms with Crippen LogP contribution in [0.1, 0.15) is 20.4 Å². The second kappa shape index (κ2) is 6.05. The van der Waals surface area contributed by atoms with Gasteiger partial charge in [-0.2, -0.15) is 0 Å². The van der Waals surface area contributed by atoms with E-state index in [2.05, 4.69) is 39.7 Å². The Balaban J connectivity index is 1.32. The number of rotatable bonds is 2. The lowest BCUT2D eigenvalue weighted by molar-refractivity contribution is 0.0786. The number of likely N-dealkylation sites (tertiary alicyclic amines) is 1. The highest BCUT2D eigenvalue weighted by atomic mass is 32.1. The Morgan fingerprint density at radius 3 is 2.41 bits per heavy atom. The number of hydrogen-bond donors (Lipinski definition) is 0. The molecule has 2 aromatic heterocycles. The first-order valence-corrected chi connectivity index (χ1v) is 10.2. The number of carbonyl (C=O) groups is 1. The maximum absolute atomic E-state index is 12.9. The van der Waals surface area contributed by atoms with E-state index in [1.807, 2.05) is 24.8 Å². The molecule has 3 aromatic rings. The van der Waals surface area contributed by atoms with Gasteiger partial charge in [-0.1, -0.05) is 12.1 Å². The van der Waals surface area contributed by atoms with E-state index < -0.39 is 0 Å². The van der Waals surface area contributed by atoms with Gasteiger partial charge < -0.3 is 14.4 Å². The van der Waals surface area contributed by atoms with Crippen molar-refractivity contribution in [1.82, 2.24) is 19.4 Å². The van der Waals surface area contributed by atoms with Crippen LogP contribution in [0.15, 0.2) is 24.3 Å². The number of aromatic nitrogens is 3. The van der Waals surface area contributed by atoms with Gasteiger partial charge in [-0.15, -0.1) is 11.3 Å². The molecule has 1 aromatic carbocycles. The number of benzene rings is 1. The largest absolute Gasteiger partial charge is 0.342 e. The molecule has 6 nitrogen and oxygen atoms in total. The summed E-state index contributed by atoms with van der Waals surface area (Å²) in [7, 11) is 2.09. The molecule has 5 rings (SSSR count). The number of fused-ring (bicyclic) bond motifs is 2. The number of nitrogens with zero attached hydrogens (tertiary/aromatic N) is 5. The smallest absolute Gasteiger partial charge is 0.265 e. The predicted molar refractivity (Wildman–Crippen MR) is 107 cm³/mol. The third-order valence-corrected chi connectivity index (χ3v) is 6.98. The molecule has 2 saturated heterocycles. The maximum Gasteiger partial charge on any atom is 0.265 e. The van der Waals surface area contributed by atoms with Crippen molar-refractivity contribution in [3.63, 3.8) is 0 Å². The molecule has 0 N–H and O–H groups in total. The zero-order valence-electron chi connectivity index (χ0n) is 15.8. The number of carbonyl (C=O) groups excluding carboxylic acids is 1. The van der Waals surface area contributed by atoms with Crippen molar-refractivity contribution in [3.8, 4) is 0 Å². The number of hydrogen-bond acceptors (Lipinski definition) is 5. The van der Waals surface area contributed by atoms with E-state index in [-0.39, 0.29) is 5.91 Å². The Hall–Kier alpha value is -2.41. The SMILES string of the molecule is Cc1nc(C)c(C(=O)N2CC3CN(c4nc5ccccc5n4C)CC3C2)s1. The summed E-state index contributed by atoms with van der Waals surface area (Å²) in [5.41, 5.74) is 3.07. The van der Waals surface area contributed by atoms with E-state index in [1.165, 1.54) is 11.3 Å². The summed E-state index contributed by atoms with van der Waals surface area (Å²) in [6.45, 7) is 7.49. The summed E-state index contributed by atoms with van der Waals surface area (Å²) in [6, 6.07) is 8.27. The molecule has 0 spiro atoms. The van der Waals surface area contributed by atoms with Crippen LogP contribution >= 0.6 is 11.3 Å². The van der Waals surface area contributed by atoms with E-state index >= 15 is 0 Å². The normalized spacial score (nSPS) is 22.0. The second-order valence-corrected chi connectivity index (χ2v) is 8.95. The Morgan fingerprint density at radius 2 is 1.78 bits per heavy atom. The van der Waals surface area contributed by atoms with Crippen molar-refractivity contribution in [1.29, 1.82) is 0 Å². The van der Waals surface area contributed by atoms with Crippen LogP contribution in [0.25, 0.3) is 11.0 Å². The molecule has 0 bridgehead atoms. The molecule has 2 fully saturated rings. The topological polar surface area (TPSA) is 54.3 Å². The lowest BCUT2D eigenvalue weighted by Gasteiger charge is -2.22. The van der Waals surface area contributed by atoms with Gasteiger partial charge in [0.05, 0.1) is 21.7 Å². The predicted octanol–water partition coefficient (Wildman–Crippen LogP) is 2.86. The third kappa shape index (κ3) is 2.64. The number of thiazole rings is 1. The first kappa shape index (κ1) is 16.7. The second-order valence-electron chi connectivity index (χ2n) is 7.74. The van der Waals surface area contributed by atoms with Crippen molar-refractivity contribution in [2.45, 2.75) is 13.8 Å². The molecule has 2 unspecified atom stereocenters. The van der Waals surface area contributed by atoms with Crippen LogP contribution in [-0.4, -0.2) is 51.5 Å². The van der Waals surface area contributed by atoms with Gasteiger partial charge in [-0.25, -0.2) is 9.97 Å². The standard InChI is InChI=1S/C20H23N5OS/c1-12-18(27-13(2)21-12)19(26)24-8-14-10-25(11-15(14)9-24)20-22-16-6-4-5-7-17(16)23(20)3/h4-7,14-15H,8-11H2,1-3H3. The van der Waals surface area contributed by atoms with Gasteiger partial charge in [0, 0.05) is 45.1 Å². The summed E-state index contributed by atoms with van der Waals surface area (Å²) in [5.74, 6) is 2.23. The Labute approximate surface area is 162 Å². The molecule has 1 amide bonds. The molecular formula is C20H23N5OS. The molecule has 2 atom stereocenters. The quantitative estimate of drug-likeness (QED) is 0.685. The fraction of sp³-hybridized carbons (Fsp3) is 0.450. The van der Waals surface area contributed by atoms with Gasteiger partial charge in [0.1, 0.15) is 4.88 Å². The van der Waals surface area contributed by atoms with Gasteiger partial charge in [0.15, 0.2) is 0 Å². The van der Waals surface area contributed by atoms with Gasteiger partial charge >= 0.3 is 0 Å². The van der Waals surface area contributed by atoms with Crippen molar-refractivity contribution in [3.05, 3.63) is 39.8 Å². The molecule has 7 heteroatoms. The fourth-order valence-corrected chi connectivity index (χ4v) is 5.50.